The average molecular weight is 514 g/mol. The molecule has 0 saturated heterocycles. The number of nitrogens with zero attached hydrogens (tertiary/aromatic N) is 1. The van der Waals surface area contributed by atoms with Crippen LogP contribution in [0.2, 0.25) is 5.15 Å². The Kier molecular flexibility index (Phi) is 8.75. The molecule has 1 aromatic heterocycles. The summed E-state index contributed by atoms with van der Waals surface area (Å²) in [5.74, 6) is -1.83. The van der Waals surface area contributed by atoms with Crippen molar-refractivity contribution >= 4 is 35.4 Å². The van der Waals surface area contributed by atoms with Crippen LogP contribution in [0, 0.1) is 0 Å². The Bertz CT molecular complexity index is 1350. The molecular formula is C29H24ClN3O4. The molecule has 0 saturated carbocycles. The minimum atomic E-state index is -0.992. The van der Waals surface area contributed by atoms with E-state index < -0.39 is 23.8 Å². The lowest BCUT2D eigenvalue weighted by atomic mass is 9.95. The molecule has 1 heterocycles. The highest BCUT2D eigenvalue weighted by atomic mass is 35.5. The van der Waals surface area contributed by atoms with Gasteiger partial charge in [-0.15, -0.1) is 0 Å². The second-order valence-electron chi connectivity index (χ2n) is 8.10. The van der Waals surface area contributed by atoms with E-state index in [9.17, 15) is 14.4 Å². The molecule has 7 nitrogen and oxygen atoms in total. The van der Waals surface area contributed by atoms with Gasteiger partial charge in [-0.25, -0.2) is 4.98 Å². The minimum Gasteiger partial charge on any atom is -0.353 e. The zero-order chi connectivity index (χ0) is 26.0. The van der Waals surface area contributed by atoms with Gasteiger partial charge in [0.05, 0.1) is 12.3 Å². The highest BCUT2D eigenvalue weighted by Crippen LogP contribution is 2.26. The van der Waals surface area contributed by atoms with E-state index in [4.69, 9.17) is 16.3 Å². The first kappa shape index (κ1) is 25.8. The highest BCUT2D eigenvalue weighted by Gasteiger charge is 2.32. The van der Waals surface area contributed by atoms with Gasteiger partial charge in [-0.05, 0) is 23.3 Å². The van der Waals surface area contributed by atoms with Gasteiger partial charge in [-0.3, -0.25) is 14.4 Å². The monoisotopic (exact) mass is 513 g/mol. The Balaban J connectivity index is 1.65. The topological polar surface area (TPSA) is 97.4 Å². The third-order valence-electron chi connectivity index (χ3n) is 5.62. The minimum absolute atomic E-state index is 0.00367. The lowest BCUT2D eigenvalue weighted by Crippen LogP contribution is -2.42. The molecule has 0 bridgehead atoms. The zero-order valence-electron chi connectivity index (χ0n) is 19.7. The number of pyridine rings is 1. The molecule has 4 aromatic rings. The molecule has 0 aliphatic carbocycles. The lowest BCUT2D eigenvalue weighted by molar-refractivity contribution is -0.124. The van der Waals surface area contributed by atoms with Crippen LogP contribution in [0.25, 0.3) is 0 Å². The summed E-state index contributed by atoms with van der Waals surface area (Å²) in [7, 11) is 0. The van der Waals surface area contributed by atoms with Crippen LogP contribution < -0.4 is 10.6 Å². The van der Waals surface area contributed by atoms with Gasteiger partial charge in [-0.2, -0.15) is 0 Å². The van der Waals surface area contributed by atoms with Crippen LogP contribution in [-0.4, -0.2) is 29.3 Å². The molecular weight excluding hydrogens is 490 g/mol. The van der Waals surface area contributed by atoms with Crippen molar-refractivity contribution in [2.24, 2.45) is 0 Å². The maximum absolute atomic E-state index is 13.7. The van der Waals surface area contributed by atoms with E-state index in [1.54, 1.807) is 54.6 Å². The third-order valence-corrected chi connectivity index (χ3v) is 5.83. The molecule has 4 rings (SSSR count). The number of benzene rings is 3. The van der Waals surface area contributed by atoms with Crippen LogP contribution in [-0.2, 0) is 20.9 Å². The summed E-state index contributed by atoms with van der Waals surface area (Å²) in [6, 6.07) is 30.0. The molecule has 0 radical (unpaired) electrons. The first-order valence-corrected chi connectivity index (χ1v) is 11.9. The molecule has 0 aliphatic rings. The Morgan fingerprint density at radius 1 is 0.865 bits per heavy atom. The molecule has 37 heavy (non-hydrogen) atoms. The van der Waals surface area contributed by atoms with Gasteiger partial charge in [0, 0.05) is 5.56 Å². The summed E-state index contributed by atoms with van der Waals surface area (Å²) in [6.07, 6.45) is -0.499. The Morgan fingerprint density at radius 3 is 2.14 bits per heavy atom. The van der Waals surface area contributed by atoms with E-state index in [-0.39, 0.29) is 23.1 Å². The fourth-order valence-corrected chi connectivity index (χ4v) is 3.99. The molecule has 0 fully saturated rings. The first-order valence-electron chi connectivity index (χ1n) is 11.5. The second kappa shape index (κ2) is 12.6. The Morgan fingerprint density at radius 2 is 1.49 bits per heavy atom. The van der Waals surface area contributed by atoms with Crippen molar-refractivity contribution in [1.29, 1.82) is 0 Å². The average Bonchev–Trinajstić information content (AvgIpc) is 2.94. The number of anilines is 1. The summed E-state index contributed by atoms with van der Waals surface area (Å²) < 4.78 is 6.00. The number of carbonyl (C=O) groups excluding carboxylic acids is 3. The number of hydrogen-bond acceptors (Lipinski definition) is 5. The van der Waals surface area contributed by atoms with Crippen LogP contribution in [0.5, 0.6) is 0 Å². The van der Waals surface area contributed by atoms with Crippen molar-refractivity contribution in [3.05, 3.63) is 131 Å². The second-order valence-corrected chi connectivity index (χ2v) is 8.49. The van der Waals surface area contributed by atoms with Crippen molar-refractivity contribution in [2.45, 2.75) is 18.8 Å². The van der Waals surface area contributed by atoms with E-state index >= 15 is 0 Å². The largest absolute Gasteiger partial charge is 0.353 e. The van der Waals surface area contributed by atoms with Gasteiger partial charge in [0.25, 0.3) is 0 Å². The third kappa shape index (κ3) is 6.67. The van der Waals surface area contributed by atoms with Crippen LogP contribution >= 0.6 is 11.6 Å². The van der Waals surface area contributed by atoms with Crippen LogP contribution in [0.15, 0.2) is 103 Å². The summed E-state index contributed by atoms with van der Waals surface area (Å²) in [6.45, 7) is 0.170. The van der Waals surface area contributed by atoms with Gasteiger partial charge < -0.3 is 15.4 Å². The van der Waals surface area contributed by atoms with Crippen LogP contribution in [0.3, 0.4) is 0 Å². The first-order chi connectivity index (χ1) is 18.1. The molecule has 2 unspecified atom stereocenters. The van der Waals surface area contributed by atoms with Crippen molar-refractivity contribution in [3.63, 3.8) is 0 Å². The molecule has 8 heteroatoms. The fraction of sp³-hybridized carbons (Fsp3) is 0.103. The van der Waals surface area contributed by atoms with E-state index in [0.29, 0.717) is 17.5 Å². The van der Waals surface area contributed by atoms with Gasteiger partial charge in [-0.1, -0.05) is 103 Å². The molecule has 2 N–H and O–H groups in total. The van der Waals surface area contributed by atoms with Crippen LogP contribution in [0.4, 0.5) is 5.69 Å². The number of rotatable bonds is 11. The molecule has 2 amide bonds. The van der Waals surface area contributed by atoms with E-state index in [1.165, 1.54) is 12.1 Å². The van der Waals surface area contributed by atoms with E-state index in [1.807, 2.05) is 36.4 Å². The van der Waals surface area contributed by atoms with Crippen molar-refractivity contribution in [3.8, 4) is 0 Å². The normalized spacial score (nSPS) is 12.2. The number of nitrogens with one attached hydrogen (secondary N) is 2. The number of ketones is 1. The van der Waals surface area contributed by atoms with E-state index in [0.717, 1.165) is 5.56 Å². The summed E-state index contributed by atoms with van der Waals surface area (Å²) in [5, 5.41) is 5.54. The summed E-state index contributed by atoms with van der Waals surface area (Å²) >= 11 is 6.09. The fourth-order valence-electron chi connectivity index (χ4n) is 3.84. The molecule has 186 valence electrons. The van der Waals surface area contributed by atoms with Crippen molar-refractivity contribution in [1.82, 2.24) is 10.3 Å². The van der Waals surface area contributed by atoms with Crippen LogP contribution in [0.1, 0.15) is 33.1 Å². The maximum Gasteiger partial charge on any atom is 0.236 e. The SMILES string of the molecule is O=CNC(OCc1ccccc1)C(C(=O)Nc1ccc(Cl)nc1C(=O)c1ccccc1)c1ccccc1. The summed E-state index contributed by atoms with van der Waals surface area (Å²) in [4.78, 5) is 42.6. The number of amides is 2. The quantitative estimate of drug-likeness (QED) is 0.128. The smallest absolute Gasteiger partial charge is 0.236 e. The Hall–Kier alpha value is -4.33. The van der Waals surface area contributed by atoms with Gasteiger partial charge in [0.2, 0.25) is 18.1 Å². The number of aromatic nitrogens is 1. The van der Waals surface area contributed by atoms with Gasteiger partial charge >= 0.3 is 0 Å². The number of ether oxygens (including phenoxy) is 1. The molecule has 3 aromatic carbocycles. The van der Waals surface area contributed by atoms with E-state index in [2.05, 4.69) is 15.6 Å². The predicted octanol–water partition coefficient (Wildman–Crippen LogP) is 4.98. The number of hydrogen-bond donors (Lipinski definition) is 2. The number of carbonyl (C=O) groups is 3. The molecule has 0 aliphatic heterocycles. The maximum atomic E-state index is 13.7. The molecule has 2 atom stereocenters. The van der Waals surface area contributed by atoms with Gasteiger partial charge in [0.15, 0.2) is 0 Å². The lowest BCUT2D eigenvalue weighted by Gasteiger charge is -2.27. The predicted molar refractivity (Wildman–Crippen MR) is 141 cm³/mol. The zero-order valence-corrected chi connectivity index (χ0v) is 20.5. The summed E-state index contributed by atoms with van der Waals surface area (Å²) in [5.41, 5.74) is 2.09. The van der Waals surface area contributed by atoms with Gasteiger partial charge in [0.1, 0.15) is 23.0 Å². The number of halogens is 1. The van der Waals surface area contributed by atoms with Crippen molar-refractivity contribution < 1.29 is 19.1 Å². The van der Waals surface area contributed by atoms with Crippen molar-refractivity contribution in [2.75, 3.05) is 5.32 Å². The standard InChI is InChI=1S/C29H24ClN3O4/c30-24-17-16-23(26(33-24)27(35)22-14-8-3-9-15-22)32-28(36)25(21-12-6-2-7-13-21)29(31-19-34)37-18-20-10-4-1-5-11-20/h1-17,19,25,29H,18H2,(H,31,34)(H,32,36). The Labute approximate surface area is 219 Å². The molecule has 0 spiro atoms. The highest BCUT2D eigenvalue weighted by molar-refractivity contribution is 6.30.